The molecule has 9 rings (SSSR count). The van der Waals surface area contributed by atoms with Crippen LogP contribution in [-0.4, -0.2) is 39.2 Å². The standard InChI is InChI=1S/3C20H20NSi.3Ir/c1-22(2,3)19-12-10-16(11-13-19)17-7-6-8-18(15-17)20-9-4-5-14-21-20;1-22(2,3)19-12-13-21-20(15-19)18-11-7-10-17(14-18)16-8-5-4-6-9-16;1-22(2,3)19-12-13-20(21-15-19)18-11-7-10-17(14-18)16-8-5-4-6-9-16;;;/h4-7,9-15H,1-3H3;2*4-10,12-15H,1-3H3;;;/q3*-1;;;. The molecule has 3 nitrogen and oxygen atoms in total. The maximum absolute atomic E-state index is 4.65. The number of hydrogen-bond acceptors (Lipinski definition) is 3. The van der Waals surface area contributed by atoms with Crippen molar-refractivity contribution in [2.24, 2.45) is 0 Å². The molecule has 6 aromatic carbocycles. The Morgan fingerprint density at radius 3 is 1.13 bits per heavy atom. The van der Waals surface area contributed by atoms with E-state index < -0.39 is 24.2 Å². The van der Waals surface area contributed by atoms with Crippen molar-refractivity contribution in [3.8, 4) is 67.2 Å². The van der Waals surface area contributed by atoms with E-state index in [1.807, 2.05) is 67.1 Å². The molecule has 3 radical (unpaired) electrons. The summed E-state index contributed by atoms with van der Waals surface area (Å²) < 4.78 is 0. The zero-order valence-corrected chi connectivity index (χ0v) is 51.1. The summed E-state index contributed by atoms with van der Waals surface area (Å²) >= 11 is 0. The molecule has 0 unspecified atom stereocenters. The van der Waals surface area contributed by atoms with Crippen LogP contribution in [0.2, 0.25) is 58.9 Å². The van der Waals surface area contributed by atoms with E-state index in [0.717, 1.165) is 33.8 Å². The van der Waals surface area contributed by atoms with Crippen molar-refractivity contribution in [1.82, 2.24) is 15.0 Å². The second-order valence-electron chi connectivity index (χ2n) is 19.6. The van der Waals surface area contributed by atoms with Gasteiger partial charge < -0.3 is 15.0 Å². The minimum atomic E-state index is -1.33. The Kier molecular flexibility index (Phi) is 21.5. The van der Waals surface area contributed by atoms with Gasteiger partial charge in [0.15, 0.2) is 0 Å². The van der Waals surface area contributed by atoms with Gasteiger partial charge in [-0.05, 0) is 51.1 Å². The fraction of sp³-hybridized carbons (Fsp3) is 0.150. The first-order valence-corrected chi connectivity index (χ1v) is 33.2. The summed E-state index contributed by atoms with van der Waals surface area (Å²) in [5.74, 6) is 0. The van der Waals surface area contributed by atoms with E-state index in [1.54, 1.807) is 0 Å². The van der Waals surface area contributed by atoms with Crippen molar-refractivity contribution < 1.29 is 60.3 Å². The molecule has 0 bridgehead atoms. The van der Waals surface area contributed by atoms with Gasteiger partial charge in [-0.1, -0.05) is 185 Å². The van der Waals surface area contributed by atoms with Crippen molar-refractivity contribution in [2.45, 2.75) is 58.9 Å². The molecule has 3 heterocycles. The van der Waals surface area contributed by atoms with E-state index >= 15 is 0 Å². The van der Waals surface area contributed by atoms with Crippen molar-refractivity contribution in [3.63, 3.8) is 0 Å². The third-order valence-electron chi connectivity index (χ3n) is 11.5. The SMILES string of the molecule is C[Si](C)(C)c1ccc(-c2[c-]ccc(-c3ccccc3)c2)nc1.C[Si](C)(C)c1ccc(-c2cc[c-]c(-c3ccccn3)c2)cc1.C[Si](C)(C)c1ccnc(-c2[c-]ccc(-c3ccccc3)c2)c1.[Ir].[Ir].[Ir]. The van der Waals surface area contributed by atoms with Gasteiger partial charge in [0.05, 0.1) is 24.2 Å². The largest absolute Gasteiger partial charge is 0.305 e. The minimum Gasteiger partial charge on any atom is -0.305 e. The number of pyridine rings is 3. The maximum atomic E-state index is 4.65. The summed E-state index contributed by atoms with van der Waals surface area (Å²) in [5, 5.41) is 4.30. The number of benzene rings is 6. The first-order chi connectivity index (χ1) is 31.6. The topological polar surface area (TPSA) is 38.7 Å². The normalized spacial score (nSPS) is 10.9. The van der Waals surface area contributed by atoms with Gasteiger partial charge in [-0.25, -0.2) is 0 Å². The first-order valence-electron chi connectivity index (χ1n) is 22.7. The second-order valence-corrected chi connectivity index (χ2v) is 34.8. The Bertz CT molecular complexity index is 2810. The van der Waals surface area contributed by atoms with Crippen LogP contribution >= 0.6 is 0 Å². The van der Waals surface area contributed by atoms with Gasteiger partial charge in [-0.2, -0.15) is 0 Å². The zero-order chi connectivity index (χ0) is 46.7. The molecule has 0 aliphatic rings. The van der Waals surface area contributed by atoms with Crippen LogP contribution < -0.4 is 15.6 Å². The van der Waals surface area contributed by atoms with Gasteiger partial charge in [0.25, 0.3) is 0 Å². The van der Waals surface area contributed by atoms with Crippen molar-refractivity contribution in [3.05, 3.63) is 219 Å². The molecule has 9 heteroatoms. The van der Waals surface area contributed by atoms with Crippen LogP contribution in [0.4, 0.5) is 0 Å². The van der Waals surface area contributed by atoms with Crippen LogP contribution in [0.15, 0.2) is 201 Å². The summed E-state index contributed by atoms with van der Waals surface area (Å²) in [6, 6.07) is 73.2. The average molecular weight is 1480 g/mol. The van der Waals surface area contributed by atoms with Crippen LogP contribution in [0.1, 0.15) is 0 Å². The molecule has 0 aliphatic heterocycles. The van der Waals surface area contributed by atoms with E-state index in [4.69, 9.17) is 0 Å². The van der Waals surface area contributed by atoms with Gasteiger partial charge in [0, 0.05) is 78.9 Å². The average Bonchev–Trinajstić information content (AvgIpc) is 3.35. The van der Waals surface area contributed by atoms with E-state index in [0.29, 0.717) is 0 Å². The van der Waals surface area contributed by atoms with E-state index in [2.05, 4.69) is 226 Å². The second kappa shape index (κ2) is 26.0. The Morgan fingerprint density at radius 1 is 0.304 bits per heavy atom. The summed E-state index contributed by atoms with van der Waals surface area (Å²) in [6.07, 6.45) is 5.77. The smallest absolute Gasteiger partial charge is 0.0795 e. The fourth-order valence-electron chi connectivity index (χ4n) is 7.37. The van der Waals surface area contributed by atoms with Gasteiger partial charge in [0.2, 0.25) is 0 Å². The third-order valence-corrected chi connectivity index (χ3v) is 17.6. The molecular formula is C60H60Ir3N3Si3-3. The van der Waals surface area contributed by atoms with Gasteiger partial charge in [-0.3, -0.25) is 0 Å². The van der Waals surface area contributed by atoms with Crippen molar-refractivity contribution in [2.75, 3.05) is 0 Å². The van der Waals surface area contributed by atoms with Crippen LogP contribution in [0.3, 0.4) is 0 Å². The van der Waals surface area contributed by atoms with Gasteiger partial charge >= 0.3 is 0 Å². The molecular weight excluding hydrogens is 1420 g/mol. The van der Waals surface area contributed by atoms with Crippen LogP contribution in [0.5, 0.6) is 0 Å². The molecule has 0 aliphatic carbocycles. The first kappa shape index (κ1) is 57.0. The minimum absolute atomic E-state index is 0. The van der Waals surface area contributed by atoms with Crippen molar-refractivity contribution >= 4 is 39.8 Å². The predicted octanol–water partition coefficient (Wildman–Crippen LogP) is 14.3. The molecule has 0 saturated heterocycles. The Hall–Kier alpha value is -4.63. The van der Waals surface area contributed by atoms with Gasteiger partial charge in [0.1, 0.15) is 0 Å². The van der Waals surface area contributed by atoms with Crippen LogP contribution in [0, 0.1) is 18.2 Å². The zero-order valence-electron chi connectivity index (χ0n) is 40.9. The molecule has 69 heavy (non-hydrogen) atoms. The Labute approximate surface area is 455 Å². The number of hydrogen-bond donors (Lipinski definition) is 0. The van der Waals surface area contributed by atoms with E-state index in [1.165, 1.54) is 48.9 Å². The van der Waals surface area contributed by atoms with Crippen molar-refractivity contribution in [1.29, 1.82) is 0 Å². The Balaban J connectivity index is 0.000000221. The molecule has 9 aromatic rings. The Morgan fingerprint density at radius 2 is 0.710 bits per heavy atom. The summed E-state index contributed by atoms with van der Waals surface area (Å²) in [4.78, 5) is 13.6. The molecule has 0 amide bonds. The summed E-state index contributed by atoms with van der Waals surface area (Å²) in [6.45, 7) is 21.2. The monoisotopic (exact) mass is 1490 g/mol. The molecule has 0 N–H and O–H groups in total. The maximum Gasteiger partial charge on any atom is 0.0795 e. The molecule has 0 atom stereocenters. The van der Waals surface area contributed by atoms with E-state index in [9.17, 15) is 0 Å². The molecule has 3 aromatic heterocycles. The van der Waals surface area contributed by atoms with Crippen LogP contribution in [-0.2, 0) is 60.3 Å². The van der Waals surface area contributed by atoms with Crippen LogP contribution in [0.25, 0.3) is 67.2 Å². The number of nitrogens with zero attached hydrogens (tertiary/aromatic N) is 3. The molecule has 357 valence electrons. The summed E-state index contributed by atoms with van der Waals surface area (Å²) in [7, 11) is -3.86. The van der Waals surface area contributed by atoms with E-state index in [-0.39, 0.29) is 60.3 Å². The number of rotatable bonds is 9. The predicted molar refractivity (Wildman–Crippen MR) is 291 cm³/mol. The molecule has 0 fully saturated rings. The molecule has 0 spiro atoms. The third kappa shape index (κ3) is 16.2. The van der Waals surface area contributed by atoms with Gasteiger partial charge in [-0.15, -0.1) is 106 Å². The quantitative estimate of drug-likeness (QED) is 0.107. The fourth-order valence-corrected chi connectivity index (χ4v) is 10.7. The molecule has 0 saturated carbocycles. The summed E-state index contributed by atoms with van der Waals surface area (Å²) in [5.41, 5.74) is 13.4. The number of aromatic nitrogens is 3.